The van der Waals surface area contributed by atoms with Crippen LogP contribution in [0.1, 0.15) is 11.1 Å². The van der Waals surface area contributed by atoms with Gasteiger partial charge in [-0.25, -0.2) is 0 Å². The lowest BCUT2D eigenvalue weighted by atomic mass is 10.2. The molecule has 8 heteroatoms. The molecule has 7 nitrogen and oxygen atoms in total. The summed E-state index contributed by atoms with van der Waals surface area (Å²) >= 11 is 0.785. The van der Waals surface area contributed by atoms with Crippen LogP contribution in [0.2, 0.25) is 0 Å². The number of methoxy groups -OCH3 is 1. The third-order valence-electron chi connectivity index (χ3n) is 4.19. The average molecular weight is 427 g/mol. The first-order valence-corrected chi connectivity index (χ1v) is 10.0. The van der Waals surface area contributed by atoms with E-state index >= 15 is 0 Å². The standard InChI is InChI=1S/C22H21NO6S/c1-15-6-8-17(9-7-15)28-10-11-29-18-5-3-4-16(12-18)13-19-21(25)23(22(26)30-19)14-20(24)27-2/h3-9,12-13H,10-11,14H2,1-2H3/b19-13-. The van der Waals surface area contributed by atoms with Gasteiger partial charge in [-0.15, -0.1) is 0 Å². The van der Waals surface area contributed by atoms with Gasteiger partial charge >= 0.3 is 5.97 Å². The van der Waals surface area contributed by atoms with E-state index in [2.05, 4.69) is 4.74 Å². The van der Waals surface area contributed by atoms with Gasteiger partial charge in [-0.1, -0.05) is 29.8 Å². The molecule has 2 aromatic carbocycles. The number of nitrogens with zero attached hydrogens (tertiary/aromatic N) is 1. The van der Waals surface area contributed by atoms with Crippen LogP contribution in [-0.2, 0) is 14.3 Å². The van der Waals surface area contributed by atoms with Gasteiger partial charge in [-0.05, 0) is 54.6 Å². The van der Waals surface area contributed by atoms with Gasteiger partial charge in [0.25, 0.3) is 11.1 Å². The zero-order valence-corrected chi connectivity index (χ0v) is 17.4. The van der Waals surface area contributed by atoms with Crippen LogP contribution < -0.4 is 9.47 Å². The summed E-state index contributed by atoms with van der Waals surface area (Å²) in [6.07, 6.45) is 1.60. The summed E-state index contributed by atoms with van der Waals surface area (Å²) in [5.41, 5.74) is 1.87. The van der Waals surface area contributed by atoms with Crippen molar-refractivity contribution in [3.63, 3.8) is 0 Å². The number of ether oxygens (including phenoxy) is 3. The van der Waals surface area contributed by atoms with Crippen molar-refractivity contribution in [2.45, 2.75) is 6.92 Å². The van der Waals surface area contributed by atoms with Crippen molar-refractivity contribution in [1.29, 1.82) is 0 Å². The number of hydrogen-bond acceptors (Lipinski definition) is 7. The first-order valence-electron chi connectivity index (χ1n) is 9.21. The Hall–Kier alpha value is -3.26. The highest BCUT2D eigenvalue weighted by atomic mass is 32.2. The minimum atomic E-state index is -0.651. The number of benzene rings is 2. The molecule has 1 fully saturated rings. The maximum atomic E-state index is 12.4. The minimum absolute atomic E-state index is 0.240. The number of carbonyl (C=O) groups excluding carboxylic acids is 3. The van der Waals surface area contributed by atoms with Gasteiger partial charge < -0.3 is 14.2 Å². The van der Waals surface area contributed by atoms with Crippen LogP contribution in [0.5, 0.6) is 11.5 Å². The summed E-state index contributed by atoms with van der Waals surface area (Å²) in [5.74, 6) is 0.223. The molecule has 1 aliphatic rings. The summed E-state index contributed by atoms with van der Waals surface area (Å²) in [4.78, 5) is 36.9. The Morgan fingerprint density at radius 1 is 1.03 bits per heavy atom. The van der Waals surface area contributed by atoms with Gasteiger partial charge in [0.1, 0.15) is 31.3 Å². The van der Waals surface area contributed by atoms with Crippen molar-refractivity contribution in [1.82, 2.24) is 4.90 Å². The summed E-state index contributed by atoms with van der Waals surface area (Å²) in [6.45, 7) is 2.36. The number of carbonyl (C=O) groups is 3. The molecule has 2 aromatic rings. The van der Waals surface area contributed by atoms with E-state index in [4.69, 9.17) is 9.47 Å². The Kier molecular flexibility index (Phi) is 7.13. The minimum Gasteiger partial charge on any atom is -0.490 e. The van der Waals surface area contributed by atoms with Crippen LogP contribution in [-0.4, -0.2) is 48.9 Å². The Labute approximate surface area is 178 Å². The van der Waals surface area contributed by atoms with E-state index in [1.54, 1.807) is 30.3 Å². The van der Waals surface area contributed by atoms with Gasteiger partial charge in [-0.2, -0.15) is 0 Å². The lowest BCUT2D eigenvalue weighted by molar-refractivity contribution is -0.143. The van der Waals surface area contributed by atoms with Gasteiger partial charge in [0.2, 0.25) is 0 Å². The number of esters is 1. The molecule has 1 aliphatic heterocycles. The van der Waals surface area contributed by atoms with E-state index in [1.165, 1.54) is 12.7 Å². The van der Waals surface area contributed by atoms with E-state index in [0.717, 1.165) is 22.4 Å². The van der Waals surface area contributed by atoms with Crippen molar-refractivity contribution in [2.75, 3.05) is 26.9 Å². The van der Waals surface area contributed by atoms with E-state index in [9.17, 15) is 14.4 Å². The van der Waals surface area contributed by atoms with Crippen LogP contribution in [0.15, 0.2) is 53.4 Å². The normalized spacial score (nSPS) is 14.9. The number of imide groups is 1. The zero-order chi connectivity index (χ0) is 21.5. The molecule has 156 valence electrons. The van der Waals surface area contributed by atoms with Crippen LogP contribution in [0.4, 0.5) is 4.79 Å². The predicted octanol–water partition coefficient (Wildman–Crippen LogP) is 3.66. The molecule has 1 saturated heterocycles. The van der Waals surface area contributed by atoms with Crippen molar-refractivity contribution >= 4 is 35.0 Å². The van der Waals surface area contributed by atoms with Gasteiger partial charge in [0, 0.05) is 0 Å². The highest BCUT2D eigenvalue weighted by Gasteiger charge is 2.36. The highest BCUT2D eigenvalue weighted by Crippen LogP contribution is 2.32. The van der Waals surface area contributed by atoms with E-state index in [-0.39, 0.29) is 4.91 Å². The summed E-state index contributed by atoms with van der Waals surface area (Å²) < 4.78 is 15.9. The molecule has 0 radical (unpaired) electrons. The first-order chi connectivity index (χ1) is 14.5. The molecule has 0 aromatic heterocycles. The van der Waals surface area contributed by atoms with Crippen LogP contribution in [0, 0.1) is 6.92 Å². The van der Waals surface area contributed by atoms with Crippen molar-refractivity contribution in [2.24, 2.45) is 0 Å². The summed E-state index contributed by atoms with van der Waals surface area (Å²) in [6, 6.07) is 14.9. The number of amides is 2. The molecule has 0 N–H and O–H groups in total. The number of rotatable bonds is 8. The molecule has 3 rings (SSSR count). The lowest BCUT2D eigenvalue weighted by Gasteiger charge is -2.10. The SMILES string of the molecule is COC(=O)CN1C(=O)S/C(=C\c2cccc(OCCOc3ccc(C)cc3)c2)C1=O. The van der Waals surface area contributed by atoms with Crippen molar-refractivity contribution in [3.8, 4) is 11.5 Å². The van der Waals surface area contributed by atoms with Gasteiger partial charge in [0.05, 0.1) is 12.0 Å². The molecule has 0 spiro atoms. The predicted molar refractivity (Wildman–Crippen MR) is 113 cm³/mol. The lowest BCUT2D eigenvalue weighted by Crippen LogP contribution is -2.34. The number of hydrogen-bond donors (Lipinski definition) is 0. The molecule has 2 amide bonds. The van der Waals surface area contributed by atoms with Crippen molar-refractivity contribution in [3.05, 3.63) is 64.6 Å². The first kappa shape index (κ1) is 21.4. The monoisotopic (exact) mass is 427 g/mol. The number of aryl methyl sites for hydroxylation is 1. The summed E-state index contributed by atoms with van der Waals surface area (Å²) in [7, 11) is 1.20. The Bertz CT molecular complexity index is 970. The smallest absolute Gasteiger partial charge is 0.325 e. The molecule has 30 heavy (non-hydrogen) atoms. The van der Waals surface area contributed by atoms with E-state index < -0.39 is 23.7 Å². The maximum Gasteiger partial charge on any atom is 0.325 e. The fourth-order valence-electron chi connectivity index (χ4n) is 2.63. The van der Waals surface area contributed by atoms with Crippen LogP contribution in [0.25, 0.3) is 6.08 Å². The fourth-order valence-corrected chi connectivity index (χ4v) is 3.47. The van der Waals surface area contributed by atoms with Crippen LogP contribution in [0.3, 0.4) is 0 Å². The van der Waals surface area contributed by atoms with Gasteiger partial charge in [-0.3, -0.25) is 19.3 Å². The molecule has 0 aliphatic carbocycles. The highest BCUT2D eigenvalue weighted by molar-refractivity contribution is 8.18. The topological polar surface area (TPSA) is 82.1 Å². The maximum absolute atomic E-state index is 12.4. The summed E-state index contributed by atoms with van der Waals surface area (Å²) in [5, 5.41) is -0.502. The molecule has 0 unspecified atom stereocenters. The van der Waals surface area contributed by atoms with Crippen LogP contribution >= 0.6 is 11.8 Å². The molecule has 1 heterocycles. The molecule has 0 saturated carbocycles. The second kappa shape index (κ2) is 9.98. The molecule has 0 bridgehead atoms. The second-order valence-electron chi connectivity index (χ2n) is 6.43. The second-order valence-corrected chi connectivity index (χ2v) is 7.42. The quantitative estimate of drug-likeness (QED) is 0.361. The fraction of sp³-hybridized carbons (Fsp3) is 0.227. The van der Waals surface area contributed by atoms with Crippen molar-refractivity contribution < 1.29 is 28.6 Å². The zero-order valence-electron chi connectivity index (χ0n) is 16.6. The molecule has 0 atom stereocenters. The average Bonchev–Trinajstić information content (AvgIpc) is 3.00. The third-order valence-corrected chi connectivity index (χ3v) is 5.09. The van der Waals surface area contributed by atoms with Gasteiger partial charge in [0.15, 0.2) is 0 Å². The Morgan fingerprint density at radius 2 is 1.73 bits per heavy atom. The molecular weight excluding hydrogens is 406 g/mol. The largest absolute Gasteiger partial charge is 0.490 e. The Balaban J connectivity index is 1.57. The van der Waals surface area contributed by atoms with E-state index in [0.29, 0.717) is 24.5 Å². The third kappa shape index (κ3) is 5.64. The Morgan fingerprint density at radius 3 is 2.43 bits per heavy atom. The van der Waals surface area contributed by atoms with E-state index in [1.807, 2.05) is 31.2 Å². The number of thioether (sulfide) groups is 1. The molecular formula is C22H21NO6S.